The van der Waals surface area contributed by atoms with Gasteiger partial charge in [0, 0.05) is 26.9 Å². The Kier molecular flexibility index (Phi) is 4.92. The molecular weight excluding hydrogens is 330 g/mol. The van der Waals surface area contributed by atoms with E-state index in [9.17, 15) is 4.79 Å². The van der Waals surface area contributed by atoms with Crippen molar-refractivity contribution in [2.24, 2.45) is 5.73 Å². The van der Waals surface area contributed by atoms with E-state index < -0.39 is 5.54 Å². The first kappa shape index (κ1) is 17.9. The van der Waals surface area contributed by atoms with Crippen molar-refractivity contribution in [2.45, 2.75) is 5.54 Å². The zero-order valence-corrected chi connectivity index (χ0v) is 15.1. The number of aromatic amines is 1. The van der Waals surface area contributed by atoms with Gasteiger partial charge in [-0.3, -0.25) is 4.79 Å². The Morgan fingerprint density at radius 2 is 2.00 bits per heavy atom. The number of ether oxygens (including phenoxy) is 1. The maximum absolute atomic E-state index is 12.9. The van der Waals surface area contributed by atoms with Gasteiger partial charge in [0.15, 0.2) is 0 Å². The number of amides is 1. The van der Waals surface area contributed by atoms with Crippen LogP contribution in [0.25, 0.3) is 11.0 Å². The summed E-state index contributed by atoms with van der Waals surface area (Å²) in [4.78, 5) is 22.5. The number of hydrogen-bond acceptors (Lipinski definition) is 5. The van der Waals surface area contributed by atoms with Gasteiger partial charge < -0.3 is 25.7 Å². The molecule has 0 aliphatic carbocycles. The van der Waals surface area contributed by atoms with E-state index >= 15 is 0 Å². The van der Waals surface area contributed by atoms with Crippen LogP contribution in [0.4, 0.5) is 11.6 Å². The quantitative estimate of drug-likeness (QED) is 0.630. The standard InChI is InChI=1S/C19H23N5O2/c1-24(2)18-22-15-10-9-14(11-16(15)23-18)21-17(25)19(20,12-26-3)13-7-5-4-6-8-13/h4-11H,12,20H2,1-3H3,(H,21,25)(H,22,23). The number of H-pyrrole nitrogens is 1. The third kappa shape index (κ3) is 3.40. The first-order valence-corrected chi connectivity index (χ1v) is 8.26. The lowest BCUT2D eigenvalue weighted by atomic mass is 9.90. The van der Waals surface area contributed by atoms with Gasteiger partial charge in [-0.1, -0.05) is 30.3 Å². The van der Waals surface area contributed by atoms with Gasteiger partial charge in [0.2, 0.25) is 5.95 Å². The molecule has 3 rings (SSSR count). The molecule has 3 aromatic rings. The number of fused-ring (bicyclic) bond motifs is 1. The molecular formula is C19H23N5O2. The Morgan fingerprint density at radius 3 is 2.65 bits per heavy atom. The molecule has 7 nitrogen and oxygen atoms in total. The molecule has 136 valence electrons. The number of aromatic nitrogens is 2. The molecule has 0 bridgehead atoms. The second-order valence-corrected chi connectivity index (χ2v) is 6.41. The number of hydrogen-bond donors (Lipinski definition) is 3. The van der Waals surface area contributed by atoms with E-state index in [0.29, 0.717) is 11.3 Å². The molecule has 26 heavy (non-hydrogen) atoms. The predicted molar refractivity (Wildman–Crippen MR) is 103 cm³/mol. The number of carbonyl (C=O) groups excluding carboxylic acids is 1. The molecule has 0 saturated carbocycles. The number of imidazole rings is 1. The molecule has 0 aliphatic heterocycles. The van der Waals surface area contributed by atoms with Crippen LogP contribution in [-0.2, 0) is 15.1 Å². The minimum atomic E-state index is -1.28. The normalized spacial score (nSPS) is 13.4. The third-order valence-electron chi connectivity index (χ3n) is 4.22. The van der Waals surface area contributed by atoms with Gasteiger partial charge in [0.1, 0.15) is 5.54 Å². The zero-order chi connectivity index (χ0) is 18.7. The van der Waals surface area contributed by atoms with Crippen LogP contribution in [0.5, 0.6) is 0 Å². The molecule has 7 heteroatoms. The van der Waals surface area contributed by atoms with Crippen molar-refractivity contribution < 1.29 is 9.53 Å². The summed E-state index contributed by atoms with van der Waals surface area (Å²) in [6, 6.07) is 14.7. The van der Waals surface area contributed by atoms with Crippen LogP contribution in [-0.4, -0.2) is 43.7 Å². The SMILES string of the molecule is COCC(N)(C(=O)Nc1ccc2nc(N(C)C)[nH]c2c1)c1ccccc1. The van der Waals surface area contributed by atoms with E-state index in [1.807, 2.05) is 61.5 Å². The summed E-state index contributed by atoms with van der Waals surface area (Å²) < 4.78 is 5.21. The van der Waals surface area contributed by atoms with Crippen molar-refractivity contribution in [2.75, 3.05) is 38.0 Å². The average Bonchev–Trinajstić information content (AvgIpc) is 3.06. The fraction of sp³-hybridized carbons (Fsp3) is 0.263. The molecule has 1 aromatic heterocycles. The smallest absolute Gasteiger partial charge is 0.251 e. The summed E-state index contributed by atoms with van der Waals surface area (Å²) in [5.41, 5.74) is 8.12. The summed E-state index contributed by atoms with van der Waals surface area (Å²) in [5, 5.41) is 2.89. The Bertz CT molecular complexity index is 907. The van der Waals surface area contributed by atoms with Crippen molar-refractivity contribution in [1.82, 2.24) is 9.97 Å². The summed E-state index contributed by atoms with van der Waals surface area (Å²) in [6.45, 7) is 0.0694. The molecule has 0 saturated heterocycles. The number of carbonyl (C=O) groups is 1. The van der Waals surface area contributed by atoms with Crippen LogP contribution < -0.4 is 16.0 Å². The van der Waals surface area contributed by atoms with Crippen molar-refractivity contribution in [1.29, 1.82) is 0 Å². The first-order chi connectivity index (χ1) is 12.4. The number of nitrogens with one attached hydrogen (secondary N) is 2. The summed E-state index contributed by atoms with van der Waals surface area (Å²) in [5.74, 6) is 0.414. The second kappa shape index (κ2) is 7.15. The Hall–Kier alpha value is -2.90. The van der Waals surface area contributed by atoms with E-state index in [4.69, 9.17) is 10.5 Å². The molecule has 1 unspecified atom stereocenters. The molecule has 1 amide bonds. The number of nitrogens with zero attached hydrogens (tertiary/aromatic N) is 2. The maximum atomic E-state index is 12.9. The zero-order valence-electron chi connectivity index (χ0n) is 15.1. The fourth-order valence-electron chi connectivity index (χ4n) is 2.77. The van der Waals surface area contributed by atoms with Crippen LogP contribution >= 0.6 is 0 Å². The number of benzene rings is 2. The Balaban J connectivity index is 1.88. The topological polar surface area (TPSA) is 96.3 Å². The number of nitrogens with two attached hydrogens (primary N) is 1. The molecule has 0 fully saturated rings. The molecule has 2 aromatic carbocycles. The van der Waals surface area contributed by atoms with E-state index in [-0.39, 0.29) is 12.5 Å². The van der Waals surface area contributed by atoms with Crippen molar-refractivity contribution in [3.05, 3.63) is 54.1 Å². The summed E-state index contributed by atoms with van der Waals surface area (Å²) in [6.07, 6.45) is 0. The molecule has 4 N–H and O–H groups in total. The highest BCUT2D eigenvalue weighted by molar-refractivity contribution is 6.00. The van der Waals surface area contributed by atoms with Crippen molar-refractivity contribution in [3.8, 4) is 0 Å². The van der Waals surface area contributed by atoms with Crippen LogP contribution in [0.15, 0.2) is 48.5 Å². The van der Waals surface area contributed by atoms with Crippen LogP contribution in [0.2, 0.25) is 0 Å². The van der Waals surface area contributed by atoms with Gasteiger partial charge in [-0.25, -0.2) is 4.98 Å². The largest absolute Gasteiger partial charge is 0.382 e. The van der Waals surface area contributed by atoms with Gasteiger partial charge in [-0.2, -0.15) is 0 Å². The Labute approximate surface area is 152 Å². The van der Waals surface area contributed by atoms with Gasteiger partial charge >= 0.3 is 0 Å². The van der Waals surface area contributed by atoms with Crippen molar-refractivity contribution >= 4 is 28.6 Å². The van der Waals surface area contributed by atoms with Gasteiger partial charge in [0.25, 0.3) is 5.91 Å². The van der Waals surface area contributed by atoms with Crippen LogP contribution in [0.1, 0.15) is 5.56 Å². The number of anilines is 2. The lowest BCUT2D eigenvalue weighted by molar-refractivity contribution is -0.123. The molecule has 1 heterocycles. The average molecular weight is 353 g/mol. The molecule has 0 radical (unpaired) electrons. The van der Waals surface area contributed by atoms with Gasteiger partial charge in [-0.15, -0.1) is 0 Å². The monoisotopic (exact) mass is 353 g/mol. The number of rotatable bonds is 6. The highest BCUT2D eigenvalue weighted by Crippen LogP contribution is 2.24. The molecule has 0 spiro atoms. The highest BCUT2D eigenvalue weighted by atomic mass is 16.5. The van der Waals surface area contributed by atoms with Crippen molar-refractivity contribution in [3.63, 3.8) is 0 Å². The third-order valence-corrected chi connectivity index (χ3v) is 4.22. The predicted octanol–water partition coefficient (Wildman–Crippen LogP) is 2.07. The van der Waals surface area contributed by atoms with E-state index in [0.717, 1.165) is 17.0 Å². The van der Waals surface area contributed by atoms with Gasteiger partial charge in [-0.05, 0) is 23.8 Å². The lowest BCUT2D eigenvalue weighted by Gasteiger charge is -2.28. The van der Waals surface area contributed by atoms with Gasteiger partial charge in [0.05, 0.1) is 17.6 Å². The highest BCUT2D eigenvalue weighted by Gasteiger charge is 2.36. The van der Waals surface area contributed by atoms with E-state index in [2.05, 4.69) is 15.3 Å². The minimum absolute atomic E-state index is 0.0694. The molecule has 1 atom stereocenters. The summed E-state index contributed by atoms with van der Waals surface area (Å²) in [7, 11) is 5.35. The lowest BCUT2D eigenvalue weighted by Crippen LogP contribution is -2.51. The second-order valence-electron chi connectivity index (χ2n) is 6.41. The first-order valence-electron chi connectivity index (χ1n) is 8.26. The Morgan fingerprint density at radius 1 is 1.27 bits per heavy atom. The number of methoxy groups -OCH3 is 1. The van der Waals surface area contributed by atoms with E-state index in [1.54, 1.807) is 6.07 Å². The minimum Gasteiger partial charge on any atom is -0.382 e. The van der Waals surface area contributed by atoms with Crippen LogP contribution in [0.3, 0.4) is 0 Å². The maximum Gasteiger partial charge on any atom is 0.251 e. The van der Waals surface area contributed by atoms with Crippen LogP contribution in [0, 0.1) is 0 Å². The summed E-state index contributed by atoms with van der Waals surface area (Å²) >= 11 is 0. The fourth-order valence-corrected chi connectivity index (χ4v) is 2.77. The molecule has 0 aliphatic rings. The van der Waals surface area contributed by atoms with E-state index in [1.165, 1.54) is 7.11 Å².